The van der Waals surface area contributed by atoms with Crippen molar-refractivity contribution in [2.75, 3.05) is 33.2 Å². The molecule has 0 radical (unpaired) electrons. The van der Waals surface area contributed by atoms with E-state index in [2.05, 4.69) is 16.7 Å². The summed E-state index contributed by atoms with van der Waals surface area (Å²) in [5, 5.41) is 8.97. The lowest BCUT2D eigenvalue weighted by molar-refractivity contribution is -0.138. The van der Waals surface area contributed by atoms with Gasteiger partial charge in [0.25, 0.3) is 0 Å². The van der Waals surface area contributed by atoms with Gasteiger partial charge in [-0.1, -0.05) is 0 Å². The van der Waals surface area contributed by atoms with Crippen LogP contribution in [0.1, 0.15) is 51.9 Å². The highest BCUT2D eigenvalue weighted by Gasteiger charge is 2.41. The van der Waals surface area contributed by atoms with Gasteiger partial charge in [-0.2, -0.15) is 0 Å². The predicted molar refractivity (Wildman–Crippen MR) is 104 cm³/mol. The Morgan fingerprint density at radius 1 is 1.08 bits per heavy atom. The molecule has 3 aliphatic rings. The first-order chi connectivity index (χ1) is 12.0. The van der Waals surface area contributed by atoms with Crippen molar-refractivity contribution in [3.63, 3.8) is 0 Å². The summed E-state index contributed by atoms with van der Waals surface area (Å²) >= 11 is 0. The second kappa shape index (κ2) is 9.38. The van der Waals surface area contributed by atoms with Gasteiger partial charge in [-0.05, 0) is 71.4 Å². The Morgan fingerprint density at radius 2 is 1.77 bits per heavy atom. The van der Waals surface area contributed by atoms with Crippen LogP contribution in [0.5, 0.6) is 0 Å². The van der Waals surface area contributed by atoms with Crippen LogP contribution in [0.15, 0.2) is 0 Å². The van der Waals surface area contributed by atoms with Gasteiger partial charge in [0, 0.05) is 24.7 Å². The highest BCUT2D eigenvalue weighted by Crippen LogP contribution is 2.39. The molecule has 1 saturated heterocycles. The minimum atomic E-state index is -0.770. The molecule has 0 aromatic heterocycles. The van der Waals surface area contributed by atoms with Crippen molar-refractivity contribution in [2.45, 2.75) is 70.0 Å². The fourth-order valence-electron chi connectivity index (χ4n) is 4.27. The van der Waals surface area contributed by atoms with Crippen molar-refractivity contribution in [1.29, 1.82) is 0 Å². The molecule has 0 spiro atoms. The number of carboxylic acids is 1. The summed E-state index contributed by atoms with van der Waals surface area (Å²) in [6, 6.07) is 1.20. The normalized spacial score (nSPS) is 25.3. The van der Waals surface area contributed by atoms with Crippen molar-refractivity contribution in [3.8, 4) is 0 Å². The number of carboxylic acid groups (broad SMARTS) is 1. The average Bonchev–Trinajstić information content (AvgIpc) is 3.38. The molecular formula is C19H34ClN3O3. The molecule has 1 aliphatic heterocycles. The molecule has 7 heteroatoms. The van der Waals surface area contributed by atoms with Gasteiger partial charge in [0.15, 0.2) is 0 Å². The summed E-state index contributed by atoms with van der Waals surface area (Å²) < 4.78 is 0. The largest absolute Gasteiger partial charge is 0.480 e. The van der Waals surface area contributed by atoms with Gasteiger partial charge >= 0.3 is 5.97 Å². The number of likely N-dealkylation sites (tertiary alicyclic amines) is 1. The van der Waals surface area contributed by atoms with E-state index in [9.17, 15) is 9.59 Å². The molecule has 1 heterocycles. The van der Waals surface area contributed by atoms with Gasteiger partial charge < -0.3 is 10.0 Å². The third-order valence-corrected chi connectivity index (χ3v) is 6.13. The lowest BCUT2D eigenvalue weighted by Crippen LogP contribution is -2.47. The molecular weight excluding hydrogens is 354 g/mol. The van der Waals surface area contributed by atoms with Crippen LogP contribution in [0.2, 0.25) is 0 Å². The van der Waals surface area contributed by atoms with Gasteiger partial charge in [-0.25, -0.2) is 0 Å². The summed E-state index contributed by atoms with van der Waals surface area (Å²) in [7, 11) is 1.89. The first-order valence-corrected chi connectivity index (χ1v) is 9.91. The van der Waals surface area contributed by atoms with Gasteiger partial charge in [0.1, 0.15) is 0 Å². The summed E-state index contributed by atoms with van der Waals surface area (Å²) in [6.07, 6.45) is 7.88. The van der Waals surface area contributed by atoms with E-state index in [0.717, 1.165) is 38.3 Å². The Kier molecular flexibility index (Phi) is 7.74. The third kappa shape index (κ3) is 5.83. The Labute approximate surface area is 163 Å². The summed E-state index contributed by atoms with van der Waals surface area (Å²) in [5.41, 5.74) is 0. The van der Waals surface area contributed by atoms with Gasteiger partial charge in [0.2, 0.25) is 5.91 Å². The SMILES string of the molecule is CC(C1CC1)N(C(=O)CN1CCCC(N(C)CC(=O)O)CC1)C1CC1.Cl. The van der Waals surface area contributed by atoms with E-state index in [1.165, 1.54) is 25.7 Å². The number of aliphatic carboxylic acids is 1. The van der Waals surface area contributed by atoms with Crippen LogP contribution < -0.4 is 0 Å². The quantitative estimate of drug-likeness (QED) is 0.690. The first kappa shape index (κ1) is 21.5. The van der Waals surface area contributed by atoms with E-state index in [4.69, 9.17) is 5.11 Å². The Morgan fingerprint density at radius 3 is 2.35 bits per heavy atom. The molecule has 0 bridgehead atoms. The second-order valence-corrected chi connectivity index (χ2v) is 8.28. The first-order valence-electron chi connectivity index (χ1n) is 9.91. The molecule has 2 saturated carbocycles. The number of hydrogen-bond donors (Lipinski definition) is 1. The molecule has 3 rings (SSSR count). The predicted octanol–water partition coefficient (Wildman–Crippen LogP) is 2.07. The second-order valence-electron chi connectivity index (χ2n) is 8.28. The van der Waals surface area contributed by atoms with Crippen LogP contribution in [-0.2, 0) is 9.59 Å². The fourth-order valence-corrected chi connectivity index (χ4v) is 4.27. The van der Waals surface area contributed by atoms with Crippen LogP contribution in [0.4, 0.5) is 0 Å². The smallest absolute Gasteiger partial charge is 0.317 e. The van der Waals surface area contributed by atoms with Crippen molar-refractivity contribution in [1.82, 2.24) is 14.7 Å². The number of carbonyl (C=O) groups is 2. The van der Waals surface area contributed by atoms with Crippen LogP contribution >= 0.6 is 12.4 Å². The summed E-state index contributed by atoms with van der Waals surface area (Å²) in [5.74, 6) is 0.259. The highest BCUT2D eigenvalue weighted by atomic mass is 35.5. The van der Waals surface area contributed by atoms with E-state index < -0.39 is 5.97 Å². The Bertz CT molecular complexity index is 496. The Balaban J connectivity index is 0.00000243. The molecule has 150 valence electrons. The molecule has 1 N–H and O–H groups in total. The lowest BCUT2D eigenvalue weighted by Gasteiger charge is -2.32. The number of carbonyl (C=O) groups excluding carboxylic acids is 1. The molecule has 2 unspecified atom stereocenters. The number of nitrogens with zero attached hydrogens (tertiary/aromatic N) is 3. The topological polar surface area (TPSA) is 64.1 Å². The molecule has 0 aromatic carbocycles. The van der Waals surface area contributed by atoms with Crippen LogP contribution in [-0.4, -0.2) is 83.0 Å². The minimum Gasteiger partial charge on any atom is -0.480 e. The third-order valence-electron chi connectivity index (χ3n) is 6.13. The van der Waals surface area contributed by atoms with E-state index in [-0.39, 0.29) is 19.0 Å². The monoisotopic (exact) mass is 387 g/mol. The van der Waals surface area contributed by atoms with Crippen LogP contribution in [0.3, 0.4) is 0 Å². The number of rotatable bonds is 8. The zero-order chi connectivity index (χ0) is 18.0. The lowest BCUT2D eigenvalue weighted by atomic mass is 10.1. The maximum Gasteiger partial charge on any atom is 0.317 e. The van der Waals surface area contributed by atoms with Crippen LogP contribution in [0, 0.1) is 5.92 Å². The van der Waals surface area contributed by atoms with Crippen molar-refractivity contribution < 1.29 is 14.7 Å². The van der Waals surface area contributed by atoms with Crippen LogP contribution in [0.25, 0.3) is 0 Å². The number of halogens is 1. The molecule has 1 amide bonds. The standard InChI is InChI=1S/C19H33N3O3.ClH/c1-14(15-5-6-15)22(17-7-8-17)18(23)12-21-10-3-4-16(9-11-21)20(2)13-19(24)25;/h14-17H,3-13H2,1-2H3,(H,24,25);1H. The van der Waals surface area contributed by atoms with E-state index in [1.807, 2.05) is 11.9 Å². The van der Waals surface area contributed by atoms with Gasteiger partial charge in [-0.3, -0.25) is 19.4 Å². The number of likely N-dealkylation sites (N-methyl/N-ethyl adjacent to an activating group) is 1. The van der Waals surface area contributed by atoms with Crippen molar-refractivity contribution >= 4 is 24.3 Å². The highest BCUT2D eigenvalue weighted by molar-refractivity contribution is 5.85. The number of amides is 1. The van der Waals surface area contributed by atoms with E-state index >= 15 is 0 Å². The van der Waals surface area contributed by atoms with E-state index in [1.54, 1.807) is 0 Å². The molecule has 2 atom stereocenters. The van der Waals surface area contributed by atoms with Crippen molar-refractivity contribution in [2.24, 2.45) is 5.92 Å². The van der Waals surface area contributed by atoms with E-state index in [0.29, 0.717) is 30.6 Å². The number of hydrogen-bond acceptors (Lipinski definition) is 4. The summed E-state index contributed by atoms with van der Waals surface area (Å²) in [6.45, 7) is 4.68. The molecule has 3 fully saturated rings. The minimum absolute atomic E-state index is 0. The molecule has 26 heavy (non-hydrogen) atoms. The van der Waals surface area contributed by atoms with Gasteiger partial charge in [-0.15, -0.1) is 12.4 Å². The molecule has 6 nitrogen and oxygen atoms in total. The molecule has 0 aromatic rings. The summed E-state index contributed by atoms with van der Waals surface area (Å²) in [4.78, 5) is 30.3. The van der Waals surface area contributed by atoms with Gasteiger partial charge in [0.05, 0.1) is 13.1 Å². The maximum atomic E-state index is 12.9. The zero-order valence-electron chi connectivity index (χ0n) is 16.1. The molecule has 2 aliphatic carbocycles. The van der Waals surface area contributed by atoms with Crippen molar-refractivity contribution in [3.05, 3.63) is 0 Å². The fraction of sp³-hybridized carbons (Fsp3) is 0.895. The maximum absolute atomic E-state index is 12.9. The average molecular weight is 388 g/mol. The Hall–Kier alpha value is -0.850. The zero-order valence-corrected chi connectivity index (χ0v) is 16.9.